The van der Waals surface area contributed by atoms with E-state index >= 15 is 0 Å². The number of methoxy groups -OCH3 is 1. The third kappa shape index (κ3) is 2.72. The topological polar surface area (TPSA) is 81.9 Å². The summed E-state index contributed by atoms with van der Waals surface area (Å²) >= 11 is 0. The molecule has 108 valence electrons. The Kier molecular flexibility index (Phi) is 4.19. The van der Waals surface area contributed by atoms with Crippen LogP contribution in [-0.4, -0.2) is 48.6 Å². The maximum absolute atomic E-state index is 12.4. The molecule has 1 saturated heterocycles. The minimum atomic E-state index is -0.557. The van der Waals surface area contributed by atoms with Crippen molar-refractivity contribution >= 4 is 11.6 Å². The molecule has 1 atom stereocenters. The summed E-state index contributed by atoms with van der Waals surface area (Å²) in [4.78, 5) is 24.5. The van der Waals surface area contributed by atoms with E-state index in [1.54, 1.807) is 4.90 Å². The third-order valence-corrected chi connectivity index (χ3v) is 3.25. The van der Waals surface area contributed by atoms with Crippen LogP contribution in [0.1, 0.15) is 17.3 Å². The highest BCUT2D eigenvalue weighted by molar-refractivity contribution is 5.95. The number of hydrogen-bond acceptors (Lipinski definition) is 5. The van der Waals surface area contributed by atoms with E-state index in [9.17, 15) is 14.9 Å². The van der Waals surface area contributed by atoms with E-state index < -0.39 is 4.92 Å². The number of nitro groups is 1. The number of ether oxygens (including phenoxy) is 2. The van der Waals surface area contributed by atoms with Crippen LogP contribution in [0.2, 0.25) is 0 Å². The summed E-state index contributed by atoms with van der Waals surface area (Å²) in [5, 5.41) is 11.0. The van der Waals surface area contributed by atoms with Gasteiger partial charge in [0.15, 0.2) is 5.75 Å². The number of carbonyl (C=O) groups is 1. The third-order valence-electron chi connectivity index (χ3n) is 3.25. The largest absolute Gasteiger partial charge is 0.490 e. The molecule has 0 aromatic heterocycles. The summed E-state index contributed by atoms with van der Waals surface area (Å²) in [5.41, 5.74) is 0.0745. The molecule has 1 amide bonds. The molecule has 1 aromatic carbocycles. The lowest BCUT2D eigenvalue weighted by molar-refractivity contribution is -0.385. The first-order valence-corrected chi connectivity index (χ1v) is 6.25. The maximum atomic E-state index is 12.4. The van der Waals surface area contributed by atoms with Crippen LogP contribution in [0.4, 0.5) is 5.69 Å². The second-order valence-corrected chi connectivity index (χ2v) is 4.57. The van der Waals surface area contributed by atoms with E-state index in [0.717, 1.165) is 0 Å². The maximum Gasteiger partial charge on any atom is 0.311 e. The number of benzene rings is 1. The molecular weight excluding hydrogens is 264 g/mol. The van der Waals surface area contributed by atoms with Crippen LogP contribution in [0, 0.1) is 10.1 Å². The summed E-state index contributed by atoms with van der Waals surface area (Å²) in [7, 11) is 1.36. The second-order valence-electron chi connectivity index (χ2n) is 4.57. The van der Waals surface area contributed by atoms with E-state index in [0.29, 0.717) is 19.8 Å². The molecule has 1 aromatic rings. The van der Waals surface area contributed by atoms with E-state index in [1.165, 1.54) is 25.3 Å². The van der Waals surface area contributed by atoms with Crippen LogP contribution >= 0.6 is 0 Å². The van der Waals surface area contributed by atoms with Crippen molar-refractivity contribution in [3.8, 4) is 5.75 Å². The van der Waals surface area contributed by atoms with Crippen molar-refractivity contribution < 1.29 is 19.2 Å². The zero-order chi connectivity index (χ0) is 14.7. The highest BCUT2D eigenvalue weighted by Crippen LogP contribution is 2.28. The Bertz CT molecular complexity index is 531. The molecule has 2 rings (SSSR count). The Morgan fingerprint density at radius 1 is 1.55 bits per heavy atom. The van der Waals surface area contributed by atoms with Gasteiger partial charge in [-0.05, 0) is 19.1 Å². The van der Waals surface area contributed by atoms with Gasteiger partial charge in [-0.3, -0.25) is 14.9 Å². The Labute approximate surface area is 116 Å². The van der Waals surface area contributed by atoms with Crippen LogP contribution in [0.15, 0.2) is 18.2 Å². The van der Waals surface area contributed by atoms with Crippen molar-refractivity contribution in [3.05, 3.63) is 33.9 Å². The van der Waals surface area contributed by atoms with Crippen LogP contribution in [0.5, 0.6) is 5.75 Å². The van der Waals surface area contributed by atoms with Gasteiger partial charge in [0.05, 0.1) is 31.3 Å². The van der Waals surface area contributed by atoms with Gasteiger partial charge in [0.1, 0.15) is 0 Å². The number of hydrogen-bond donors (Lipinski definition) is 0. The smallest absolute Gasteiger partial charge is 0.311 e. The van der Waals surface area contributed by atoms with Gasteiger partial charge in [-0.1, -0.05) is 0 Å². The molecule has 0 bridgehead atoms. The Morgan fingerprint density at radius 2 is 2.30 bits per heavy atom. The zero-order valence-electron chi connectivity index (χ0n) is 11.4. The van der Waals surface area contributed by atoms with Crippen molar-refractivity contribution in [3.63, 3.8) is 0 Å². The first-order chi connectivity index (χ1) is 9.54. The molecular formula is C13H16N2O5. The molecule has 7 heteroatoms. The van der Waals surface area contributed by atoms with Gasteiger partial charge in [0.2, 0.25) is 0 Å². The van der Waals surface area contributed by atoms with Gasteiger partial charge < -0.3 is 14.4 Å². The molecule has 0 aliphatic carbocycles. The summed E-state index contributed by atoms with van der Waals surface area (Å²) in [5.74, 6) is -0.0897. The van der Waals surface area contributed by atoms with Crippen molar-refractivity contribution in [2.45, 2.75) is 13.0 Å². The molecule has 20 heavy (non-hydrogen) atoms. The Hall–Kier alpha value is -2.15. The first kappa shape index (κ1) is 14.3. The number of morpholine rings is 1. The predicted molar refractivity (Wildman–Crippen MR) is 71.0 cm³/mol. The summed E-state index contributed by atoms with van der Waals surface area (Å²) in [6.45, 7) is 3.33. The van der Waals surface area contributed by atoms with Crippen LogP contribution in [0.25, 0.3) is 0 Å². The van der Waals surface area contributed by atoms with Crippen molar-refractivity contribution in [2.24, 2.45) is 0 Å². The van der Waals surface area contributed by atoms with Crippen LogP contribution in [0.3, 0.4) is 0 Å². The number of rotatable bonds is 3. The number of nitrogens with zero attached hydrogens (tertiary/aromatic N) is 2. The average molecular weight is 280 g/mol. The van der Waals surface area contributed by atoms with Gasteiger partial charge >= 0.3 is 5.69 Å². The van der Waals surface area contributed by atoms with E-state index in [-0.39, 0.29) is 28.9 Å². The molecule has 1 heterocycles. The van der Waals surface area contributed by atoms with Crippen LogP contribution < -0.4 is 4.74 Å². The van der Waals surface area contributed by atoms with Gasteiger partial charge in [-0.2, -0.15) is 0 Å². The summed E-state index contributed by atoms with van der Waals surface area (Å²) < 4.78 is 10.2. The molecule has 0 radical (unpaired) electrons. The minimum Gasteiger partial charge on any atom is -0.490 e. The monoisotopic (exact) mass is 280 g/mol. The van der Waals surface area contributed by atoms with Crippen molar-refractivity contribution in [1.29, 1.82) is 0 Å². The molecule has 1 fully saturated rings. The normalized spacial score (nSPS) is 18.7. The molecule has 7 nitrogen and oxygen atoms in total. The lowest BCUT2D eigenvalue weighted by atomic mass is 10.1. The van der Waals surface area contributed by atoms with Gasteiger partial charge in [-0.15, -0.1) is 0 Å². The number of nitro benzene ring substituents is 1. The first-order valence-electron chi connectivity index (χ1n) is 6.25. The highest BCUT2D eigenvalue weighted by atomic mass is 16.6. The van der Waals surface area contributed by atoms with E-state index in [2.05, 4.69) is 0 Å². The van der Waals surface area contributed by atoms with Crippen molar-refractivity contribution in [2.75, 3.05) is 26.9 Å². The fourth-order valence-electron chi connectivity index (χ4n) is 2.16. The molecule has 0 N–H and O–H groups in total. The highest BCUT2D eigenvalue weighted by Gasteiger charge is 2.26. The van der Waals surface area contributed by atoms with Gasteiger partial charge in [-0.25, -0.2) is 0 Å². The SMILES string of the molecule is COc1ccc(C(=O)N2CCOC[C@@H]2C)cc1[N+](=O)[O-]. The van der Waals surface area contributed by atoms with Gasteiger partial charge in [0.25, 0.3) is 5.91 Å². The Morgan fingerprint density at radius 3 is 2.90 bits per heavy atom. The lowest BCUT2D eigenvalue weighted by Crippen LogP contribution is -2.47. The summed E-state index contributed by atoms with van der Waals surface area (Å²) in [6, 6.07) is 4.19. The van der Waals surface area contributed by atoms with E-state index in [4.69, 9.17) is 9.47 Å². The van der Waals surface area contributed by atoms with Gasteiger partial charge in [0, 0.05) is 18.2 Å². The Balaban J connectivity index is 2.30. The molecule has 1 aliphatic heterocycles. The van der Waals surface area contributed by atoms with E-state index in [1.807, 2.05) is 6.92 Å². The minimum absolute atomic E-state index is 0.0441. The second kappa shape index (κ2) is 5.87. The predicted octanol–water partition coefficient (Wildman–Crippen LogP) is 1.46. The molecule has 0 spiro atoms. The van der Waals surface area contributed by atoms with Crippen LogP contribution in [-0.2, 0) is 4.74 Å². The quantitative estimate of drug-likeness (QED) is 0.618. The molecule has 1 aliphatic rings. The number of amides is 1. The lowest BCUT2D eigenvalue weighted by Gasteiger charge is -2.33. The average Bonchev–Trinajstić information content (AvgIpc) is 2.46. The van der Waals surface area contributed by atoms with Crippen molar-refractivity contribution in [1.82, 2.24) is 4.90 Å². The fourth-order valence-corrected chi connectivity index (χ4v) is 2.16. The number of carbonyl (C=O) groups excluding carboxylic acids is 1. The molecule has 0 saturated carbocycles. The molecule has 0 unspecified atom stereocenters. The zero-order valence-corrected chi connectivity index (χ0v) is 11.4. The standard InChI is InChI=1S/C13H16N2O5/c1-9-8-20-6-5-14(9)13(16)10-3-4-12(19-2)11(7-10)15(17)18/h3-4,7,9H,5-6,8H2,1-2H3/t9-/m0/s1. The fraction of sp³-hybridized carbons (Fsp3) is 0.462. The summed E-state index contributed by atoms with van der Waals surface area (Å²) in [6.07, 6.45) is 0.